The average molecular weight is 361 g/mol. The third-order valence-corrected chi connectivity index (χ3v) is 5.46. The summed E-state index contributed by atoms with van der Waals surface area (Å²) in [7, 11) is 1.58. The third-order valence-electron chi connectivity index (χ3n) is 4.65. The largest absolute Gasteiger partial charge is 0.496 e. The molecule has 3 rings (SSSR count). The molecular weight excluding hydrogens is 338 g/mol. The molecule has 0 aromatic heterocycles. The first-order valence-electron chi connectivity index (χ1n) is 8.71. The summed E-state index contributed by atoms with van der Waals surface area (Å²) in [5, 5.41) is 1.90. The monoisotopic (exact) mass is 361 g/mol. The van der Waals surface area contributed by atoms with Gasteiger partial charge in [-0.25, -0.2) is 0 Å². The van der Waals surface area contributed by atoms with Gasteiger partial charge < -0.3 is 9.47 Å². The van der Waals surface area contributed by atoms with Crippen LogP contribution in [0.15, 0.2) is 23.1 Å². The fourth-order valence-electron chi connectivity index (χ4n) is 3.28. The van der Waals surface area contributed by atoms with Crippen LogP contribution in [-0.4, -0.2) is 24.9 Å². The van der Waals surface area contributed by atoms with E-state index in [0.29, 0.717) is 17.3 Å². The predicted molar refractivity (Wildman–Crippen MR) is 98.8 cm³/mol. The van der Waals surface area contributed by atoms with Gasteiger partial charge in [0.2, 0.25) is 0 Å². The number of carbonyl (C=O) groups excluding carboxylic acids is 2. The maximum absolute atomic E-state index is 11.7. The molecule has 5 nitrogen and oxygen atoms in total. The number of thioether (sulfide) groups is 1. The van der Waals surface area contributed by atoms with Crippen molar-refractivity contribution < 1.29 is 19.1 Å². The molecule has 0 unspecified atom stereocenters. The normalized spacial score (nSPS) is 20.0. The molecule has 2 amide bonds. The Labute approximate surface area is 152 Å². The van der Waals surface area contributed by atoms with Crippen LogP contribution in [0, 0.1) is 5.92 Å². The van der Waals surface area contributed by atoms with E-state index in [1.807, 2.05) is 18.2 Å². The molecule has 1 aromatic carbocycles. The van der Waals surface area contributed by atoms with Gasteiger partial charge in [-0.15, -0.1) is 0 Å². The van der Waals surface area contributed by atoms with Gasteiger partial charge in [0, 0.05) is 11.6 Å². The molecule has 1 saturated carbocycles. The van der Waals surface area contributed by atoms with Crippen LogP contribution in [-0.2, 0) is 4.79 Å². The van der Waals surface area contributed by atoms with E-state index in [1.54, 1.807) is 13.2 Å². The summed E-state index contributed by atoms with van der Waals surface area (Å²) < 4.78 is 11.3. The van der Waals surface area contributed by atoms with Crippen molar-refractivity contribution in [3.8, 4) is 11.5 Å². The van der Waals surface area contributed by atoms with Crippen LogP contribution >= 0.6 is 11.8 Å². The lowest BCUT2D eigenvalue weighted by molar-refractivity contribution is -0.115. The van der Waals surface area contributed by atoms with Crippen molar-refractivity contribution in [3.05, 3.63) is 28.7 Å². The van der Waals surface area contributed by atoms with Crippen LogP contribution in [0.2, 0.25) is 0 Å². The molecule has 0 atom stereocenters. The summed E-state index contributed by atoms with van der Waals surface area (Å²) >= 11 is 0.896. The molecular formula is C19H23NO4S. The number of amides is 2. The van der Waals surface area contributed by atoms with Gasteiger partial charge in [0.05, 0.1) is 18.6 Å². The smallest absolute Gasteiger partial charge is 0.290 e. The van der Waals surface area contributed by atoms with E-state index >= 15 is 0 Å². The molecule has 25 heavy (non-hydrogen) atoms. The van der Waals surface area contributed by atoms with Gasteiger partial charge in [0.25, 0.3) is 11.1 Å². The van der Waals surface area contributed by atoms with Crippen molar-refractivity contribution in [1.29, 1.82) is 0 Å². The Bertz CT molecular complexity index is 680. The highest BCUT2D eigenvalue weighted by molar-refractivity contribution is 8.18. The predicted octanol–water partition coefficient (Wildman–Crippen LogP) is 4.37. The zero-order valence-electron chi connectivity index (χ0n) is 14.4. The van der Waals surface area contributed by atoms with Gasteiger partial charge in [-0.2, -0.15) is 0 Å². The van der Waals surface area contributed by atoms with Gasteiger partial charge in [-0.05, 0) is 42.3 Å². The number of rotatable bonds is 6. The lowest BCUT2D eigenvalue weighted by Gasteiger charge is -2.21. The SMILES string of the molecule is COc1cc(OCCC2CCCCC2)ccc1C=C1SC(=O)NC1=O. The van der Waals surface area contributed by atoms with E-state index in [2.05, 4.69) is 5.32 Å². The van der Waals surface area contributed by atoms with Crippen LogP contribution < -0.4 is 14.8 Å². The fraction of sp³-hybridized carbons (Fsp3) is 0.474. The highest BCUT2D eigenvalue weighted by atomic mass is 32.2. The highest BCUT2D eigenvalue weighted by Gasteiger charge is 2.25. The molecule has 1 saturated heterocycles. The number of ether oxygens (including phenoxy) is 2. The van der Waals surface area contributed by atoms with Crippen molar-refractivity contribution in [2.24, 2.45) is 5.92 Å². The first-order valence-corrected chi connectivity index (χ1v) is 9.53. The van der Waals surface area contributed by atoms with Crippen molar-refractivity contribution in [2.45, 2.75) is 38.5 Å². The van der Waals surface area contributed by atoms with Crippen LogP contribution in [0.25, 0.3) is 6.08 Å². The number of hydrogen-bond donors (Lipinski definition) is 1. The van der Waals surface area contributed by atoms with Crippen molar-refractivity contribution in [3.63, 3.8) is 0 Å². The second-order valence-electron chi connectivity index (χ2n) is 6.40. The zero-order chi connectivity index (χ0) is 17.6. The van der Waals surface area contributed by atoms with E-state index in [0.717, 1.165) is 35.4 Å². The summed E-state index contributed by atoms with van der Waals surface area (Å²) in [6.07, 6.45) is 9.44. The molecule has 2 aliphatic rings. The Balaban J connectivity index is 1.62. The van der Waals surface area contributed by atoms with Gasteiger partial charge in [-0.3, -0.25) is 14.9 Å². The number of hydrogen-bond acceptors (Lipinski definition) is 5. The highest BCUT2D eigenvalue weighted by Crippen LogP contribution is 2.32. The minimum absolute atomic E-state index is 0.349. The van der Waals surface area contributed by atoms with E-state index in [9.17, 15) is 9.59 Å². The third kappa shape index (κ3) is 4.78. The Morgan fingerprint density at radius 1 is 1.24 bits per heavy atom. The minimum atomic E-state index is -0.370. The van der Waals surface area contributed by atoms with Crippen LogP contribution in [0.1, 0.15) is 44.1 Å². The number of benzene rings is 1. The molecule has 1 aliphatic heterocycles. The average Bonchev–Trinajstić information content (AvgIpc) is 2.94. The topological polar surface area (TPSA) is 64.6 Å². The zero-order valence-corrected chi connectivity index (χ0v) is 15.2. The van der Waals surface area contributed by atoms with E-state index in [1.165, 1.54) is 32.1 Å². The molecule has 1 heterocycles. The first-order chi connectivity index (χ1) is 12.2. The molecule has 6 heteroatoms. The van der Waals surface area contributed by atoms with Crippen molar-refractivity contribution in [1.82, 2.24) is 5.32 Å². The van der Waals surface area contributed by atoms with Crippen molar-refractivity contribution >= 4 is 29.0 Å². The number of imide groups is 1. The maximum atomic E-state index is 11.7. The summed E-state index contributed by atoms with van der Waals surface area (Å²) in [5.41, 5.74) is 0.745. The van der Waals surface area contributed by atoms with Crippen molar-refractivity contribution in [2.75, 3.05) is 13.7 Å². The van der Waals surface area contributed by atoms with Gasteiger partial charge >= 0.3 is 0 Å². The van der Waals surface area contributed by atoms with E-state index in [-0.39, 0.29) is 11.1 Å². The molecule has 1 aromatic rings. The summed E-state index contributed by atoms with van der Waals surface area (Å²) in [5.74, 6) is 1.80. The molecule has 0 spiro atoms. The molecule has 1 aliphatic carbocycles. The van der Waals surface area contributed by atoms with E-state index < -0.39 is 0 Å². The summed E-state index contributed by atoms with van der Waals surface area (Å²) in [6.45, 7) is 0.709. The van der Waals surface area contributed by atoms with Gasteiger partial charge in [-0.1, -0.05) is 32.1 Å². The van der Waals surface area contributed by atoms with E-state index in [4.69, 9.17) is 9.47 Å². The molecule has 0 bridgehead atoms. The Hall–Kier alpha value is -1.95. The van der Waals surface area contributed by atoms with Gasteiger partial charge in [0.15, 0.2) is 0 Å². The second kappa shape index (κ2) is 8.43. The minimum Gasteiger partial charge on any atom is -0.496 e. The summed E-state index contributed by atoms with van der Waals surface area (Å²) in [6, 6.07) is 5.54. The Morgan fingerprint density at radius 3 is 2.72 bits per heavy atom. The Kier molecular flexibility index (Phi) is 6.02. The number of methoxy groups -OCH3 is 1. The first kappa shape index (κ1) is 17.9. The van der Waals surface area contributed by atoms with Crippen LogP contribution in [0.4, 0.5) is 4.79 Å². The van der Waals surface area contributed by atoms with Crippen LogP contribution in [0.3, 0.4) is 0 Å². The standard InChI is InChI=1S/C19H23NO4S/c1-23-16-12-15(24-10-9-13-5-3-2-4-6-13)8-7-14(16)11-17-18(21)20-19(22)25-17/h7-8,11-13H,2-6,9-10H2,1H3,(H,20,21,22). The molecule has 1 N–H and O–H groups in total. The van der Waals surface area contributed by atoms with Crippen LogP contribution in [0.5, 0.6) is 11.5 Å². The van der Waals surface area contributed by atoms with Gasteiger partial charge in [0.1, 0.15) is 11.5 Å². The molecule has 2 fully saturated rings. The number of carbonyl (C=O) groups is 2. The summed E-state index contributed by atoms with van der Waals surface area (Å²) in [4.78, 5) is 23.3. The lowest BCUT2D eigenvalue weighted by Crippen LogP contribution is -2.17. The molecule has 134 valence electrons. The maximum Gasteiger partial charge on any atom is 0.290 e. The second-order valence-corrected chi connectivity index (χ2v) is 7.41. The lowest BCUT2D eigenvalue weighted by atomic mass is 9.87. The fourth-order valence-corrected chi connectivity index (χ4v) is 3.96. The Morgan fingerprint density at radius 2 is 2.04 bits per heavy atom. The number of nitrogens with one attached hydrogen (secondary N) is 1. The molecule has 0 radical (unpaired) electrons. The quantitative estimate of drug-likeness (QED) is 0.762.